The number of aromatic amines is 1. The summed E-state index contributed by atoms with van der Waals surface area (Å²) in [6, 6.07) is 19.5. The summed E-state index contributed by atoms with van der Waals surface area (Å²) in [6.45, 7) is 6.06. The first-order chi connectivity index (χ1) is 14.5. The number of aryl methyl sites for hydroxylation is 1. The van der Waals surface area contributed by atoms with Gasteiger partial charge in [0.25, 0.3) is 5.82 Å². The first-order valence-corrected chi connectivity index (χ1v) is 10.1. The molecule has 5 heteroatoms. The number of phenols is 1. The van der Waals surface area contributed by atoms with Gasteiger partial charge >= 0.3 is 0 Å². The van der Waals surface area contributed by atoms with Crippen LogP contribution in [0.1, 0.15) is 36.6 Å². The third kappa shape index (κ3) is 4.20. The summed E-state index contributed by atoms with van der Waals surface area (Å²) in [5, 5.41) is 15.5. The SMILES string of the molecule is Cc1cc[nH+]c(N[C@H](c2ccc(OC(C)C)cc2)c2ccc3cccnc3c2O)c1. The van der Waals surface area contributed by atoms with Gasteiger partial charge in [0.15, 0.2) is 0 Å². The van der Waals surface area contributed by atoms with Crippen molar-refractivity contribution in [2.75, 3.05) is 5.32 Å². The van der Waals surface area contributed by atoms with E-state index < -0.39 is 0 Å². The summed E-state index contributed by atoms with van der Waals surface area (Å²) in [6.07, 6.45) is 3.71. The summed E-state index contributed by atoms with van der Waals surface area (Å²) in [7, 11) is 0. The lowest BCUT2D eigenvalue weighted by Gasteiger charge is -2.18. The number of ether oxygens (including phenoxy) is 1. The van der Waals surface area contributed by atoms with Gasteiger partial charge in [-0.05, 0) is 56.7 Å². The van der Waals surface area contributed by atoms with Crippen LogP contribution in [0.5, 0.6) is 11.5 Å². The van der Waals surface area contributed by atoms with Crippen molar-refractivity contribution >= 4 is 16.7 Å². The maximum Gasteiger partial charge on any atom is 0.273 e. The minimum atomic E-state index is -0.275. The summed E-state index contributed by atoms with van der Waals surface area (Å²) in [5.41, 5.74) is 3.50. The topological polar surface area (TPSA) is 68.5 Å². The van der Waals surface area contributed by atoms with Crippen molar-refractivity contribution in [1.29, 1.82) is 0 Å². The molecular formula is C25H26N3O2+. The number of anilines is 1. The fraction of sp³-hybridized carbons (Fsp3) is 0.200. The molecule has 0 bridgehead atoms. The van der Waals surface area contributed by atoms with Crippen molar-refractivity contribution < 1.29 is 14.8 Å². The Bertz CT molecular complexity index is 1160. The zero-order valence-electron chi connectivity index (χ0n) is 17.4. The van der Waals surface area contributed by atoms with E-state index in [-0.39, 0.29) is 17.9 Å². The number of pyridine rings is 2. The highest BCUT2D eigenvalue weighted by molar-refractivity contribution is 5.86. The predicted molar refractivity (Wildman–Crippen MR) is 119 cm³/mol. The van der Waals surface area contributed by atoms with Crippen LogP contribution < -0.4 is 15.0 Å². The molecule has 0 aliphatic heterocycles. The average molecular weight is 401 g/mol. The molecule has 2 heterocycles. The molecule has 0 saturated carbocycles. The maximum atomic E-state index is 11.0. The summed E-state index contributed by atoms with van der Waals surface area (Å²) < 4.78 is 5.78. The molecule has 0 fully saturated rings. The number of hydrogen-bond donors (Lipinski definition) is 2. The van der Waals surface area contributed by atoms with Crippen molar-refractivity contribution in [3.8, 4) is 11.5 Å². The van der Waals surface area contributed by atoms with Crippen LogP contribution in [-0.2, 0) is 0 Å². The lowest BCUT2D eigenvalue weighted by Crippen LogP contribution is -2.19. The molecule has 30 heavy (non-hydrogen) atoms. The van der Waals surface area contributed by atoms with E-state index in [1.165, 1.54) is 0 Å². The molecule has 0 radical (unpaired) electrons. The van der Waals surface area contributed by atoms with Gasteiger partial charge in [0.1, 0.15) is 23.1 Å². The van der Waals surface area contributed by atoms with Crippen LogP contribution in [0.2, 0.25) is 0 Å². The Morgan fingerprint density at radius 1 is 1.03 bits per heavy atom. The normalized spacial score (nSPS) is 12.1. The fourth-order valence-corrected chi connectivity index (χ4v) is 3.55. The van der Waals surface area contributed by atoms with E-state index >= 15 is 0 Å². The molecule has 152 valence electrons. The zero-order chi connectivity index (χ0) is 21.1. The second kappa shape index (κ2) is 8.41. The maximum absolute atomic E-state index is 11.0. The third-order valence-corrected chi connectivity index (χ3v) is 4.93. The highest BCUT2D eigenvalue weighted by Crippen LogP contribution is 2.36. The predicted octanol–water partition coefficient (Wildman–Crippen LogP) is 5.05. The van der Waals surface area contributed by atoms with Gasteiger partial charge < -0.3 is 9.84 Å². The van der Waals surface area contributed by atoms with E-state index in [9.17, 15) is 5.11 Å². The fourth-order valence-electron chi connectivity index (χ4n) is 3.55. The Labute approximate surface area is 176 Å². The van der Waals surface area contributed by atoms with E-state index in [2.05, 4.69) is 15.3 Å². The van der Waals surface area contributed by atoms with E-state index in [0.717, 1.165) is 33.6 Å². The highest BCUT2D eigenvalue weighted by Gasteiger charge is 2.24. The monoisotopic (exact) mass is 400 g/mol. The van der Waals surface area contributed by atoms with E-state index in [4.69, 9.17) is 4.74 Å². The smallest absolute Gasteiger partial charge is 0.273 e. The number of phenolic OH excluding ortho intramolecular Hbond substituents is 1. The van der Waals surface area contributed by atoms with E-state index in [1.54, 1.807) is 6.20 Å². The average Bonchev–Trinajstić information content (AvgIpc) is 2.73. The molecule has 5 nitrogen and oxygen atoms in total. The lowest BCUT2D eigenvalue weighted by molar-refractivity contribution is -0.361. The van der Waals surface area contributed by atoms with Gasteiger partial charge in [0.2, 0.25) is 0 Å². The Morgan fingerprint density at radius 3 is 2.57 bits per heavy atom. The lowest BCUT2D eigenvalue weighted by atomic mass is 9.96. The zero-order valence-corrected chi connectivity index (χ0v) is 17.4. The van der Waals surface area contributed by atoms with Gasteiger partial charge in [-0.1, -0.05) is 24.3 Å². The van der Waals surface area contributed by atoms with E-state index in [0.29, 0.717) is 5.52 Å². The molecule has 1 atom stereocenters. The Balaban J connectivity index is 1.78. The van der Waals surface area contributed by atoms with E-state index in [1.807, 2.05) is 87.6 Å². The molecular weight excluding hydrogens is 374 g/mol. The molecule has 0 unspecified atom stereocenters. The van der Waals surface area contributed by atoms with Crippen LogP contribution in [0.25, 0.3) is 10.9 Å². The Kier molecular flexibility index (Phi) is 5.53. The largest absolute Gasteiger partial charge is 0.505 e. The number of H-pyrrole nitrogens is 1. The number of nitrogens with one attached hydrogen (secondary N) is 2. The van der Waals surface area contributed by atoms with Crippen LogP contribution in [0.15, 0.2) is 73.1 Å². The summed E-state index contributed by atoms with van der Waals surface area (Å²) in [5.74, 6) is 1.86. The molecule has 2 aromatic heterocycles. The molecule has 4 aromatic rings. The molecule has 2 aromatic carbocycles. The van der Waals surface area contributed by atoms with Gasteiger partial charge in [-0.15, -0.1) is 0 Å². The van der Waals surface area contributed by atoms with Crippen LogP contribution in [0, 0.1) is 6.92 Å². The van der Waals surface area contributed by atoms with Gasteiger partial charge in [-0.25, -0.2) is 4.98 Å². The van der Waals surface area contributed by atoms with Gasteiger partial charge in [0, 0.05) is 28.8 Å². The van der Waals surface area contributed by atoms with Crippen LogP contribution in [-0.4, -0.2) is 16.2 Å². The summed E-state index contributed by atoms with van der Waals surface area (Å²) >= 11 is 0. The molecule has 3 N–H and O–H groups in total. The second-order valence-electron chi connectivity index (χ2n) is 7.67. The van der Waals surface area contributed by atoms with Crippen LogP contribution in [0.3, 0.4) is 0 Å². The Morgan fingerprint density at radius 2 is 1.83 bits per heavy atom. The van der Waals surface area contributed by atoms with Crippen molar-refractivity contribution in [3.05, 3.63) is 89.7 Å². The number of aromatic nitrogens is 2. The first-order valence-electron chi connectivity index (χ1n) is 10.1. The highest BCUT2D eigenvalue weighted by atomic mass is 16.5. The number of aromatic hydroxyl groups is 1. The van der Waals surface area contributed by atoms with Crippen LogP contribution in [0.4, 0.5) is 5.82 Å². The molecule has 0 saturated heterocycles. The minimum Gasteiger partial charge on any atom is -0.505 e. The molecule has 0 spiro atoms. The molecule has 0 aliphatic rings. The number of benzene rings is 2. The number of nitrogens with zero attached hydrogens (tertiary/aromatic N) is 1. The first kappa shape index (κ1) is 19.7. The number of fused-ring (bicyclic) bond motifs is 1. The second-order valence-corrected chi connectivity index (χ2v) is 7.67. The standard InChI is InChI=1S/C25H25N3O2/c1-16(2)30-20-9-6-19(7-10-20)23(28-22-15-17(3)12-14-26-22)21-11-8-18-5-4-13-27-24(18)25(21)29/h4-16,23,29H,1-3H3,(H,26,28)/p+1/t23-/m1/s1. The quantitative estimate of drug-likeness (QED) is 0.475. The van der Waals surface area contributed by atoms with Crippen molar-refractivity contribution in [1.82, 2.24) is 4.98 Å². The third-order valence-electron chi connectivity index (χ3n) is 4.93. The number of hydrogen-bond acceptors (Lipinski definition) is 4. The number of rotatable bonds is 6. The van der Waals surface area contributed by atoms with Crippen molar-refractivity contribution in [2.45, 2.75) is 32.9 Å². The van der Waals surface area contributed by atoms with Crippen LogP contribution >= 0.6 is 0 Å². The Hall–Kier alpha value is -3.60. The van der Waals surface area contributed by atoms with Gasteiger partial charge in [-0.2, -0.15) is 0 Å². The van der Waals surface area contributed by atoms with Gasteiger partial charge in [-0.3, -0.25) is 10.3 Å². The minimum absolute atomic E-state index is 0.113. The summed E-state index contributed by atoms with van der Waals surface area (Å²) in [4.78, 5) is 7.62. The van der Waals surface area contributed by atoms with Crippen molar-refractivity contribution in [2.24, 2.45) is 0 Å². The van der Waals surface area contributed by atoms with Gasteiger partial charge in [0.05, 0.1) is 12.3 Å². The molecule has 0 aliphatic carbocycles. The van der Waals surface area contributed by atoms with Crippen molar-refractivity contribution in [3.63, 3.8) is 0 Å². The molecule has 0 amide bonds. The molecule has 4 rings (SSSR count).